The number of nitrogens with one attached hydrogen (secondary N) is 1. The molecule has 1 aliphatic heterocycles. The molecule has 0 saturated carbocycles. The molecule has 0 saturated heterocycles. The Morgan fingerprint density at radius 2 is 2.05 bits per heavy atom. The molecule has 122 valence electrons. The molecule has 1 heterocycles. The highest BCUT2D eigenvalue weighted by Crippen LogP contribution is 2.41. The van der Waals surface area contributed by atoms with Crippen LogP contribution >= 0.6 is 15.9 Å². The smallest absolute Gasteiger partial charge is 0.408 e. The average molecular weight is 370 g/mol. The predicted octanol–water partition coefficient (Wildman–Crippen LogP) is 4.88. The molecule has 0 radical (unpaired) electrons. The number of carbonyl (C=O) groups is 1. The molecule has 0 fully saturated rings. The summed E-state index contributed by atoms with van der Waals surface area (Å²) in [7, 11) is 0. The van der Waals surface area contributed by atoms with Gasteiger partial charge in [0.05, 0.1) is 6.04 Å². The van der Waals surface area contributed by atoms with E-state index in [1.54, 1.807) is 0 Å². The second kappa shape index (κ2) is 5.76. The van der Waals surface area contributed by atoms with Crippen LogP contribution in [0.1, 0.15) is 58.2 Å². The second-order valence-corrected chi connectivity index (χ2v) is 8.26. The predicted molar refractivity (Wildman–Crippen MR) is 90.3 cm³/mol. The van der Waals surface area contributed by atoms with E-state index in [1.807, 2.05) is 47.6 Å². The molecular formula is C17H24BrNO3. The van der Waals surface area contributed by atoms with Crippen LogP contribution in [0.4, 0.5) is 4.79 Å². The van der Waals surface area contributed by atoms with Crippen molar-refractivity contribution in [3.8, 4) is 5.75 Å². The lowest BCUT2D eigenvalue weighted by molar-refractivity contribution is 0.0384. The molecule has 1 aromatic carbocycles. The van der Waals surface area contributed by atoms with Gasteiger partial charge in [-0.25, -0.2) is 4.79 Å². The van der Waals surface area contributed by atoms with Crippen molar-refractivity contribution in [1.29, 1.82) is 0 Å². The first-order valence-electron chi connectivity index (χ1n) is 7.45. The van der Waals surface area contributed by atoms with Gasteiger partial charge in [0.2, 0.25) is 0 Å². The van der Waals surface area contributed by atoms with E-state index in [4.69, 9.17) is 9.47 Å². The van der Waals surface area contributed by atoms with Crippen molar-refractivity contribution in [3.63, 3.8) is 0 Å². The zero-order chi connectivity index (χ0) is 16.7. The zero-order valence-electron chi connectivity index (χ0n) is 14.0. The molecule has 1 aliphatic rings. The van der Waals surface area contributed by atoms with Crippen LogP contribution in [0.25, 0.3) is 0 Å². The Morgan fingerprint density at radius 3 is 2.64 bits per heavy atom. The first kappa shape index (κ1) is 17.1. The fourth-order valence-electron chi connectivity index (χ4n) is 2.57. The SMILES string of the molecule is Cc1cc2c(cc1Br)OC(C)(C)CC2NC(=O)OC(C)(C)C. The Kier molecular flexibility index (Phi) is 4.49. The lowest BCUT2D eigenvalue weighted by Crippen LogP contribution is -2.42. The van der Waals surface area contributed by atoms with E-state index in [2.05, 4.69) is 27.3 Å². The van der Waals surface area contributed by atoms with Crippen LogP contribution in [0.5, 0.6) is 5.75 Å². The van der Waals surface area contributed by atoms with Gasteiger partial charge >= 0.3 is 6.09 Å². The lowest BCUT2D eigenvalue weighted by Gasteiger charge is -2.38. The third-order valence-electron chi connectivity index (χ3n) is 3.44. The number of carbonyl (C=O) groups excluding carboxylic acids is 1. The number of alkyl carbamates (subject to hydrolysis) is 1. The van der Waals surface area contributed by atoms with Gasteiger partial charge in [0, 0.05) is 16.5 Å². The van der Waals surface area contributed by atoms with Crippen LogP contribution in [0.15, 0.2) is 16.6 Å². The van der Waals surface area contributed by atoms with E-state index in [0.717, 1.165) is 21.3 Å². The number of fused-ring (bicyclic) bond motifs is 1. The van der Waals surface area contributed by atoms with E-state index < -0.39 is 11.7 Å². The van der Waals surface area contributed by atoms with Crippen molar-refractivity contribution in [3.05, 3.63) is 27.7 Å². The molecule has 0 spiro atoms. The minimum atomic E-state index is -0.511. The topological polar surface area (TPSA) is 47.6 Å². The van der Waals surface area contributed by atoms with Gasteiger partial charge in [-0.2, -0.15) is 0 Å². The highest BCUT2D eigenvalue weighted by atomic mass is 79.9. The fourth-order valence-corrected chi connectivity index (χ4v) is 2.89. The minimum Gasteiger partial charge on any atom is -0.487 e. The van der Waals surface area contributed by atoms with Crippen molar-refractivity contribution in [2.24, 2.45) is 0 Å². The van der Waals surface area contributed by atoms with Gasteiger partial charge in [-0.15, -0.1) is 0 Å². The van der Waals surface area contributed by atoms with Crippen molar-refractivity contribution >= 4 is 22.0 Å². The van der Waals surface area contributed by atoms with Crippen molar-refractivity contribution in [2.45, 2.75) is 65.2 Å². The number of rotatable bonds is 1. The monoisotopic (exact) mass is 369 g/mol. The summed E-state index contributed by atoms with van der Waals surface area (Å²) in [6, 6.07) is 3.90. The number of ether oxygens (including phenoxy) is 2. The van der Waals surface area contributed by atoms with Crippen molar-refractivity contribution < 1.29 is 14.3 Å². The Hall–Kier alpha value is -1.23. The quantitative estimate of drug-likeness (QED) is 0.766. The Balaban J connectivity index is 2.29. The number of hydrogen-bond donors (Lipinski definition) is 1. The molecule has 0 aromatic heterocycles. The van der Waals surface area contributed by atoms with E-state index in [-0.39, 0.29) is 11.6 Å². The molecule has 5 heteroatoms. The van der Waals surface area contributed by atoms with Crippen molar-refractivity contribution in [2.75, 3.05) is 0 Å². The van der Waals surface area contributed by atoms with Gasteiger partial charge in [-0.05, 0) is 59.2 Å². The van der Waals surface area contributed by atoms with E-state index in [9.17, 15) is 4.79 Å². The van der Waals surface area contributed by atoms with Gasteiger partial charge in [0.1, 0.15) is 17.0 Å². The highest BCUT2D eigenvalue weighted by Gasteiger charge is 2.35. The normalized spacial score (nSPS) is 19.9. The van der Waals surface area contributed by atoms with E-state index >= 15 is 0 Å². The molecule has 1 amide bonds. The van der Waals surface area contributed by atoms with Crippen molar-refractivity contribution in [1.82, 2.24) is 5.32 Å². The molecule has 1 unspecified atom stereocenters. The third-order valence-corrected chi connectivity index (χ3v) is 4.29. The maximum Gasteiger partial charge on any atom is 0.408 e. The number of amides is 1. The fraction of sp³-hybridized carbons (Fsp3) is 0.588. The maximum atomic E-state index is 12.1. The Labute approximate surface area is 140 Å². The average Bonchev–Trinajstić information content (AvgIpc) is 2.28. The van der Waals surface area contributed by atoms with E-state index in [0.29, 0.717) is 6.42 Å². The summed E-state index contributed by atoms with van der Waals surface area (Å²) in [5, 5.41) is 2.98. The number of hydrogen-bond acceptors (Lipinski definition) is 3. The molecule has 1 N–H and O–H groups in total. The highest BCUT2D eigenvalue weighted by molar-refractivity contribution is 9.10. The van der Waals surface area contributed by atoms with Gasteiger partial charge in [-0.3, -0.25) is 0 Å². The van der Waals surface area contributed by atoms with Crippen LogP contribution in [0.3, 0.4) is 0 Å². The van der Waals surface area contributed by atoms with Gasteiger partial charge in [-0.1, -0.05) is 15.9 Å². The van der Waals surface area contributed by atoms with Crippen LogP contribution in [-0.2, 0) is 4.74 Å². The largest absolute Gasteiger partial charge is 0.487 e. The molecule has 1 aromatic rings. The summed E-state index contributed by atoms with van der Waals surface area (Å²) >= 11 is 3.53. The molecule has 0 bridgehead atoms. The Bertz CT molecular complexity index is 590. The van der Waals surface area contributed by atoms with E-state index in [1.165, 1.54) is 0 Å². The molecule has 1 atom stereocenters. The summed E-state index contributed by atoms with van der Waals surface area (Å²) in [5.74, 6) is 0.801. The Morgan fingerprint density at radius 1 is 1.41 bits per heavy atom. The summed E-state index contributed by atoms with van der Waals surface area (Å²) in [4.78, 5) is 12.1. The van der Waals surface area contributed by atoms with Gasteiger partial charge in [0.25, 0.3) is 0 Å². The summed E-state index contributed by atoms with van der Waals surface area (Å²) < 4.78 is 12.4. The van der Waals surface area contributed by atoms with Crippen LogP contribution in [0, 0.1) is 6.92 Å². The third kappa shape index (κ3) is 4.15. The van der Waals surface area contributed by atoms with Crippen LogP contribution < -0.4 is 10.1 Å². The standard InChI is InChI=1S/C17H24BrNO3/c1-10-7-11-13(19-15(20)22-16(2,3)4)9-17(5,6)21-14(11)8-12(10)18/h7-8,13H,9H2,1-6H3,(H,19,20). The zero-order valence-corrected chi connectivity index (χ0v) is 15.6. The molecule has 0 aliphatic carbocycles. The number of benzene rings is 1. The second-order valence-electron chi connectivity index (χ2n) is 7.40. The molecular weight excluding hydrogens is 346 g/mol. The maximum absolute atomic E-state index is 12.1. The first-order chi connectivity index (χ1) is 9.97. The molecule has 22 heavy (non-hydrogen) atoms. The summed E-state index contributed by atoms with van der Waals surface area (Å²) in [5.41, 5.74) is 1.24. The molecule has 2 rings (SSSR count). The van der Waals surface area contributed by atoms with Crippen LogP contribution in [0.2, 0.25) is 0 Å². The van der Waals surface area contributed by atoms with Gasteiger partial charge < -0.3 is 14.8 Å². The summed E-state index contributed by atoms with van der Waals surface area (Å²) in [6.45, 7) is 11.6. The van der Waals surface area contributed by atoms with Crippen LogP contribution in [-0.4, -0.2) is 17.3 Å². The number of halogens is 1. The molecule has 4 nitrogen and oxygen atoms in total. The summed E-state index contributed by atoms with van der Waals surface area (Å²) in [6.07, 6.45) is 0.294. The first-order valence-corrected chi connectivity index (χ1v) is 8.25. The van der Waals surface area contributed by atoms with Gasteiger partial charge in [0.15, 0.2) is 0 Å². The minimum absolute atomic E-state index is 0.125. The lowest BCUT2D eigenvalue weighted by atomic mass is 9.89. The number of aryl methyl sites for hydroxylation is 1.